The van der Waals surface area contributed by atoms with Gasteiger partial charge in [-0.3, -0.25) is 4.79 Å². The lowest BCUT2D eigenvalue weighted by molar-refractivity contribution is -0.919. The Labute approximate surface area is 175 Å². The van der Waals surface area contributed by atoms with Gasteiger partial charge >= 0.3 is 5.97 Å². The SMILES string of the molecule is COC(=O)c1ccc(/C=C2\Oc3c(ccc([O-])c3C[NH+]3CCC(C)CC3)C2=O)cc1. The highest BCUT2D eigenvalue weighted by Gasteiger charge is 2.31. The molecule has 6 nitrogen and oxygen atoms in total. The van der Waals surface area contributed by atoms with Crippen molar-refractivity contribution < 1.29 is 29.1 Å². The first kappa shape index (κ1) is 20.2. The minimum absolute atomic E-state index is 0.0867. The summed E-state index contributed by atoms with van der Waals surface area (Å²) in [5.74, 6) is 0.569. The van der Waals surface area contributed by atoms with Gasteiger partial charge in [0.25, 0.3) is 0 Å². The summed E-state index contributed by atoms with van der Waals surface area (Å²) in [6.07, 6.45) is 3.92. The summed E-state index contributed by atoms with van der Waals surface area (Å²) in [6.45, 7) is 4.87. The quantitative estimate of drug-likeness (QED) is 0.619. The molecule has 1 fully saturated rings. The van der Waals surface area contributed by atoms with E-state index in [0.29, 0.717) is 29.0 Å². The average molecular weight is 407 g/mol. The van der Waals surface area contributed by atoms with Crippen LogP contribution in [0.25, 0.3) is 6.08 Å². The predicted molar refractivity (Wildman–Crippen MR) is 109 cm³/mol. The van der Waals surface area contributed by atoms with Crippen molar-refractivity contribution in [3.8, 4) is 11.5 Å². The Bertz CT molecular complexity index is 1000. The highest BCUT2D eigenvalue weighted by atomic mass is 16.5. The van der Waals surface area contributed by atoms with Gasteiger partial charge in [0, 0.05) is 5.56 Å². The number of quaternary nitrogens is 1. The van der Waals surface area contributed by atoms with Gasteiger partial charge in [-0.15, -0.1) is 0 Å². The molecule has 0 amide bonds. The lowest BCUT2D eigenvalue weighted by Crippen LogP contribution is -3.11. The molecule has 2 aliphatic heterocycles. The molecular weight excluding hydrogens is 382 g/mol. The summed E-state index contributed by atoms with van der Waals surface area (Å²) < 4.78 is 10.6. The molecule has 0 bridgehead atoms. The number of Topliss-reactive ketones (excluding diaryl/α,β-unsaturated/α-hetero) is 1. The van der Waals surface area contributed by atoms with Crippen molar-refractivity contribution in [2.75, 3.05) is 20.2 Å². The summed E-state index contributed by atoms with van der Waals surface area (Å²) in [6, 6.07) is 9.73. The highest BCUT2D eigenvalue weighted by Crippen LogP contribution is 2.38. The number of piperidine rings is 1. The second kappa shape index (κ2) is 8.32. The average Bonchev–Trinajstić information content (AvgIpc) is 3.07. The summed E-state index contributed by atoms with van der Waals surface area (Å²) in [5.41, 5.74) is 2.17. The number of esters is 1. The van der Waals surface area contributed by atoms with Crippen LogP contribution in [0.1, 0.15) is 51.6 Å². The van der Waals surface area contributed by atoms with Crippen LogP contribution >= 0.6 is 0 Å². The number of methoxy groups -OCH3 is 1. The van der Waals surface area contributed by atoms with Gasteiger partial charge in [-0.05, 0) is 48.6 Å². The van der Waals surface area contributed by atoms with Crippen molar-refractivity contribution in [1.29, 1.82) is 0 Å². The Balaban J connectivity index is 1.58. The second-order valence-corrected chi connectivity index (χ2v) is 8.08. The second-order valence-electron chi connectivity index (χ2n) is 8.08. The summed E-state index contributed by atoms with van der Waals surface area (Å²) in [4.78, 5) is 25.8. The van der Waals surface area contributed by atoms with Gasteiger partial charge in [0.2, 0.25) is 5.78 Å². The molecule has 0 radical (unpaired) electrons. The molecule has 2 heterocycles. The fourth-order valence-corrected chi connectivity index (χ4v) is 4.04. The van der Waals surface area contributed by atoms with E-state index >= 15 is 0 Å². The van der Waals surface area contributed by atoms with Crippen LogP contribution in [0.5, 0.6) is 11.5 Å². The van der Waals surface area contributed by atoms with Crippen LogP contribution < -0.4 is 14.7 Å². The van der Waals surface area contributed by atoms with Crippen molar-refractivity contribution in [3.63, 3.8) is 0 Å². The van der Waals surface area contributed by atoms with Gasteiger partial charge in [0.05, 0.1) is 31.3 Å². The zero-order valence-corrected chi connectivity index (χ0v) is 17.2. The molecule has 30 heavy (non-hydrogen) atoms. The molecule has 2 aromatic carbocycles. The van der Waals surface area contributed by atoms with Gasteiger partial charge in [0.1, 0.15) is 12.3 Å². The Kier molecular flexibility index (Phi) is 5.59. The Morgan fingerprint density at radius 1 is 1.20 bits per heavy atom. The summed E-state index contributed by atoms with van der Waals surface area (Å²) in [7, 11) is 1.33. The van der Waals surface area contributed by atoms with Crippen molar-refractivity contribution in [1.82, 2.24) is 0 Å². The van der Waals surface area contributed by atoms with Crippen LogP contribution in [0.2, 0.25) is 0 Å². The van der Waals surface area contributed by atoms with Gasteiger partial charge in [-0.1, -0.05) is 30.9 Å². The zero-order valence-electron chi connectivity index (χ0n) is 17.2. The van der Waals surface area contributed by atoms with Crippen molar-refractivity contribution >= 4 is 17.8 Å². The molecule has 6 heteroatoms. The molecule has 0 saturated carbocycles. The number of carbonyl (C=O) groups excluding carboxylic acids is 2. The third kappa shape index (κ3) is 3.96. The topological polar surface area (TPSA) is 80.1 Å². The predicted octanol–water partition coefficient (Wildman–Crippen LogP) is 1.98. The Morgan fingerprint density at radius 3 is 2.57 bits per heavy atom. The molecule has 0 aliphatic carbocycles. The van der Waals surface area contributed by atoms with Crippen LogP contribution in [0.15, 0.2) is 42.2 Å². The van der Waals surface area contributed by atoms with Crippen LogP contribution in [0.3, 0.4) is 0 Å². The Morgan fingerprint density at radius 2 is 1.90 bits per heavy atom. The fourth-order valence-electron chi connectivity index (χ4n) is 4.04. The van der Waals surface area contributed by atoms with Crippen LogP contribution in [0, 0.1) is 5.92 Å². The maximum Gasteiger partial charge on any atom is 0.337 e. The first-order valence-corrected chi connectivity index (χ1v) is 10.3. The van der Waals surface area contributed by atoms with E-state index in [0.717, 1.165) is 37.4 Å². The summed E-state index contributed by atoms with van der Waals surface area (Å²) >= 11 is 0. The molecule has 0 aromatic heterocycles. The smallest absolute Gasteiger partial charge is 0.337 e. The van der Waals surface area contributed by atoms with E-state index in [2.05, 4.69) is 6.92 Å². The molecule has 1 N–H and O–H groups in total. The van der Waals surface area contributed by atoms with Gasteiger partial charge in [0.15, 0.2) is 5.76 Å². The number of hydrogen-bond acceptors (Lipinski definition) is 5. The molecule has 156 valence electrons. The maximum absolute atomic E-state index is 12.8. The molecule has 0 unspecified atom stereocenters. The molecule has 1 saturated heterocycles. The number of hydrogen-bond donors (Lipinski definition) is 1. The number of ketones is 1. The molecule has 2 aliphatic rings. The standard InChI is InChI=1S/C24H25NO5/c1-15-9-11-25(12-10-15)14-19-20(26)8-7-18-22(27)21(30-23(18)19)13-16-3-5-17(6-4-16)24(28)29-2/h3-8,13,15,26H,9-12,14H2,1-2H3/b21-13-. The number of nitrogens with one attached hydrogen (secondary N) is 1. The van der Waals surface area contributed by atoms with Crippen LogP contribution in [0.4, 0.5) is 0 Å². The van der Waals surface area contributed by atoms with Gasteiger partial charge in [-0.25, -0.2) is 4.79 Å². The number of benzene rings is 2. The third-order valence-electron chi connectivity index (χ3n) is 5.94. The molecule has 4 rings (SSSR count). The first-order chi connectivity index (χ1) is 14.5. The normalized spacial score (nSPS) is 21.9. The van der Waals surface area contributed by atoms with Crippen molar-refractivity contribution in [2.24, 2.45) is 5.92 Å². The highest BCUT2D eigenvalue weighted by molar-refractivity contribution is 6.15. The number of rotatable bonds is 4. The third-order valence-corrected chi connectivity index (χ3v) is 5.94. The van der Waals surface area contributed by atoms with E-state index in [1.165, 1.54) is 18.1 Å². The minimum Gasteiger partial charge on any atom is -0.872 e. The lowest BCUT2D eigenvalue weighted by atomic mass is 9.98. The summed E-state index contributed by atoms with van der Waals surface area (Å²) in [5, 5.41) is 12.6. The van der Waals surface area contributed by atoms with Gasteiger partial charge < -0.3 is 19.5 Å². The first-order valence-electron chi connectivity index (χ1n) is 10.3. The number of likely N-dealkylation sites (tertiary alicyclic amines) is 1. The number of fused-ring (bicyclic) bond motifs is 1. The molecular formula is C24H25NO5. The van der Waals surface area contributed by atoms with E-state index < -0.39 is 5.97 Å². The molecule has 0 spiro atoms. The molecule has 0 atom stereocenters. The van der Waals surface area contributed by atoms with Crippen molar-refractivity contribution in [2.45, 2.75) is 26.3 Å². The van der Waals surface area contributed by atoms with E-state index in [1.54, 1.807) is 36.4 Å². The van der Waals surface area contributed by atoms with Crippen molar-refractivity contribution in [3.05, 3.63) is 64.4 Å². The fraction of sp³-hybridized carbons (Fsp3) is 0.333. The number of allylic oxidation sites excluding steroid dienone is 1. The van der Waals surface area contributed by atoms with Gasteiger partial charge in [-0.2, -0.15) is 0 Å². The minimum atomic E-state index is -0.419. The van der Waals surface area contributed by atoms with Crippen LogP contribution in [-0.2, 0) is 11.3 Å². The largest absolute Gasteiger partial charge is 0.872 e. The maximum atomic E-state index is 12.8. The Hall–Kier alpha value is -3.12. The number of carbonyl (C=O) groups is 2. The lowest BCUT2D eigenvalue weighted by Gasteiger charge is -2.29. The van der Waals surface area contributed by atoms with E-state index in [-0.39, 0.29) is 17.3 Å². The monoisotopic (exact) mass is 407 g/mol. The van der Waals surface area contributed by atoms with E-state index in [9.17, 15) is 14.7 Å². The molecule has 2 aromatic rings. The van der Waals surface area contributed by atoms with E-state index in [1.807, 2.05) is 0 Å². The number of ether oxygens (including phenoxy) is 2. The zero-order chi connectivity index (χ0) is 21.3. The van der Waals surface area contributed by atoms with E-state index in [4.69, 9.17) is 9.47 Å². The van der Waals surface area contributed by atoms with Crippen LogP contribution in [-0.4, -0.2) is 32.0 Å².